The minimum absolute atomic E-state index is 0.0583. The van der Waals surface area contributed by atoms with E-state index in [1.54, 1.807) is 24.3 Å². The fourth-order valence-electron chi connectivity index (χ4n) is 2.63. The molecule has 0 amide bonds. The Labute approximate surface area is 142 Å². The van der Waals surface area contributed by atoms with Crippen molar-refractivity contribution in [1.82, 2.24) is 4.57 Å². The Morgan fingerprint density at radius 3 is 2.32 bits per heavy atom. The van der Waals surface area contributed by atoms with Gasteiger partial charge in [-0.1, -0.05) is 31.4 Å². The number of hydrogen-bond acceptors (Lipinski definition) is 5. The van der Waals surface area contributed by atoms with Crippen LogP contribution in [-0.2, 0) is 16.1 Å². The maximum absolute atomic E-state index is 12.3. The van der Waals surface area contributed by atoms with Gasteiger partial charge in [0.1, 0.15) is 5.58 Å². The minimum atomic E-state index is -1.39. The Bertz CT molecular complexity index is 866. The molecule has 0 saturated carbocycles. The van der Waals surface area contributed by atoms with E-state index in [0.29, 0.717) is 31.1 Å². The van der Waals surface area contributed by atoms with E-state index >= 15 is 0 Å². The van der Waals surface area contributed by atoms with Crippen LogP contribution in [0.4, 0.5) is 0 Å². The number of carbonyl (C=O) groups is 2. The number of fused-ring (bicyclic) bond motifs is 1. The molecule has 0 saturated heterocycles. The summed E-state index contributed by atoms with van der Waals surface area (Å²) in [5.74, 6) is -4.78. The number of carboxylic acids is 2. The predicted molar refractivity (Wildman–Crippen MR) is 88.6 cm³/mol. The molecule has 1 heterocycles. The van der Waals surface area contributed by atoms with E-state index in [1.807, 2.05) is 0 Å². The van der Waals surface area contributed by atoms with Crippen LogP contribution in [0.15, 0.2) is 38.3 Å². The molecule has 1 aromatic heterocycles. The maximum atomic E-state index is 12.3. The fraction of sp³-hybridized carbons (Fsp3) is 0.412. The molecule has 0 unspecified atom stereocenters. The number of aliphatic carboxylic acids is 2. The van der Waals surface area contributed by atoms with E-state index in [1.165, 1.54) is 0 Å². The summed E-state index contributed by atoms with van der Waals surface area (Å²) in [7, 11) is 0. The summed E-state index contributed by atoms with van der Waals surface area (Å²) in [5, 5.41) is 17.9. The van der Waals surface area contributed by atoms with Crippen molar-refractivity contribution in [2.75, 3.05) is 0 Å². The molecule has 2 aromatic rings. The van der Waals surface area contributed by atoms with E-state index in [4.69, 9.17) is 14.6 Å². The number of para-hydroxylation sites is 1. The van der Waals surface area contributed by atoms with Crippen LogP contribution in [0.5, 0.6) is 0 Å². The van der Waals surface area contributed by atoms with Crippen molar-refractivity contribution in [3.05, 3.63) is 45.2 Å². The van der Waals surface area contributed by atoms with E-state index in [2.05, 4.69) is 0 Å². The molecule has 134 valence electrons. The lowest BCUT2D eigenvalue weighted by atomic mass is 10.0. The van der Waals surface area contributed by atoms with Gasteiger partial charge in [0.2, 0.25) is 0 Å². The van der Waals surface area contributed by atoms with E-state index < -0.39 is 29.2 Å². The first-order valence-corrected chi connectivity index (χ1v) is 8.00. The van der Waals surface area contributed by atoms with Gasteiger partial charge in [-0.2, -0.15) is 0 Å². The molecule has 2 rings (SSSR count). The fourth-order valence-corrected chi connectivity index (χ4v) is 2.63. The zero-order valence-electron chi connectivity index (χ0n) is 13.5. The van der Waals surface area contributed by atoms with Gasteiger partial charge in [-0.25, -0.2) is 9.36 Å². The first-order chi connectivity index (χ1) is 11.9. The van der Waals surface area contributed by atoms with Crippen LogP contribution in [0.1, 0.15) is 32.1 Å². The van der Waals surface area contributed by atoms with Crippen molar-refractivity contribution in [1.29, 1.82) is 0 Å². The van der Waals surface area contributed by atoms with Gasteiger partial charge in [-0.3, -0.25) is 14.4 Å². The second-order valence-corrected chi connectivity index (χ2v) is 5.75. The average Bonchev–Trinajstić information content (AvgIpc) is 2.55. The third-order valence-corrected chi connectivity index (χ3v) is 4.00. The highest BCUT2D eigenvalue weighted by Gasteiger charge is 2.24. The molecule has 0 aliphatic rings. The lowest BCUT2D eigenvalue weighted by molar-refractivity contribution is -0.154. The third kappa shape index (κ3) is 4.56. The molecular weight excluding hydrogens is 330 g/mol. The molecule has 0 atom stereocenters. The Hall–Kier alpha value is -2.90. The van der Waals surface area contributed by atoms with Gasteiger partial charge in [0.15, 0.2) is 5.92 Å². The van der Waals surface area contributed by atoms with Gasteiger partial charge in [-0.15, -0.1) is 0 Å². The molecule has 2 N–H and O–H groups in total. The summed E-state index contributed by atoms with van der Waals surface area (Å²) in [6.07, 6.45) is 2.30. The smallest absolute Gasteiger partial charge is 0.422 e. The van der Waals surface area contributed by atoms with E-state index in [-0.39, 0.29) is 18.5 Å². The number of aromatic nitrogens is 1. The summed E-state index contributed by atoms with van der Waals surface area (Å²) in [4.78, 5) is 45.7. The highest BCUT2D eigenvalue weighted by atomic mass is 16.4. The largest absolute Gasteiger partial charge is 0.481 e. The predicted octanol–water partition coefficient (Wildman–Crippen LogP) is 1.69. The van der Waals surface area contributed by atoms with Gasteiger partial charge < -0.3 is 14.6 Å². The highest BCUT2D eigenvalue weighted by molar-refractivity contribution is 5.92. The van der Waals surface area contributed by atoms with Crippen molar-refractivity contribution in [2.45, 2.75) is 38.6 Å². The molecule has 1 aromatic carbocycles. The molecule has 0 radical (unpaired) electrons. The molecule has 8 nitrogen and oxygen atoms in total. The van der Waals surface area contributed by atoms with Crippen LogP contribution in [-0.4, -0.2) is 26.7 Å². The van der Waals surface area contributed by atoms with Gasteiger partial charge in [0.05, 0.1) is 5.39 Å². The Morgan fingerprint density at radius 1 is 1.00 bits per heavy atom. The Balaban J connectivity index is 1.88. The number of unbranched alkanes of at least 4 members (excludes halogenated alkanes) is 3. The normalized spacial score (nSPS) is 11.1. The first kappa shape index (κ1) is 18.4. The lowest BCUT2D eigenvalue weighted by Crippen LogP contribution is -2.32. The monoisotopic (exact) mass is 349 g/mol. The first-order valence-electron chi connectivity index (χ1n) is 8.00. The van der Waals surface area contributed by atoms with Crippen molar-refractivity contribution in [3.8, 4) is 0 Å². The second-order valence-electron chi connectivity index (χ2n) is 5.75. The molecule has 0 aliphatic heterocycles. The van der Waals surface area contributed by atoms with Gasteiger partial charge in [0, 0.05) is 6.54 Å². The number of nitrogens with zero attached hydrogens (tertiary/aromatic N) is 1. The van der Waals surface area contributed by atoms with Crippen LogP contribution >= 0.6 is 0 Å². The molecule has 8 heteroatoms. The molecule has 0 fully saturated rings. The van der Waals surface area contributed by atoms with Crippen molar-refractivity contribution in [2.24, 2.45) is 5.92 Å². The summed E-state index contributed by atoms with van der Waals surface area (Å²) < 4.78 is 6.15. The number of benzene rings is 1. The molecular formula is C17H19NO7. The SMILES string of the molecule is O=C(O)C(CCCCCCn1c(=O)oc2ccccc2c1=O)C(=O)O. The highest BCUT2D eigenvalue weighted by Crippen LogP contribution is 2.12. The van der Waals surface area contributed by atoms with Gasteiger partial charge in [0.25, 0.3) is 5.56 Å². The topological polar surface area (TPSA) is 127 Å². The van der Waals surface area contributed by atoms with Crippen molar-refractivity contribution < 1.29 is 24.2 Å². The maximum Gasteiger partial charge on any atom is 0.422 e. The molecule has 0 aliphatic carbocycles. The summed E-state index contributed by atoms with van der Waals surface area (Å²) in [6.45, 7) is 0.202. The quantitative estimate of drug-likeness (QED) is 0.521. The minimum Gasteiger partial charge on any atom is -0.481 e. The van der Waals surface area contributed by atoms with Crippen molar-refractivity contribution >= 4 is 22.9 Å². The molecule has 0 bridgehead atoms. The number of rotatable bonds is 9. The molecule has 25 heavy (non-hydrogen) atoms. The van der Waals surface area contributed by atoms with Crippen LogP contribution < -0.4 is 11.3 Å². The van der Waals surface area contributed by atoms with Crippen LogP contribution in [0.25, 0.3) is 11.0 Å². The Morgan fingerprint density at radius 2 is 1.64 bits per heavy atom. The lowest BCUT2D eigenvalue weighted by Gasteiger charge is -2.07. The van der Waals surface area contributed by atoms with Crippen LogP contribution in [0.3, 0.4) is 0 Å². The third-order valence-electron chi connectivity index (χ3n) is 4.00. The summed E-state index contributed by atoms with van der Waals surface area (Å²) in [6, 6.07) is 6.52. The standard InChI is InChI=1S/C17H19NO7/c19-14-11-7-4-5-9-13(11)25-17(24)18(14)10-6-2-1-3-8-12(15(20)21)16(22)23/h4-5,7,9,12H,1-3,6,8,10H2,(H,20,21)(H,22,23). The summed E-state index contributed by atoms with van der Waals surface area (Å²) in [5.41, 5.74) is -0.147. The van der Waals surface area contributed by atoms with Crippen molar-refractivity contribution in [3.63, 3.8) is 0 Å². The number of hydrogen-bond donors (Lipinski definition) is 2. The van der Waals surface area contributed by atoms with Crippen LogP contribution in [0, 0.1) is 5.92 Å². The summed E-state index contributed by atoms with van der Waals surface area (Å²) >= 11 is 0. The average molecular weight is 349 g/mol. The van der Waals surface area contributed by atoms with Crippen LogP contribution in [0.2, 0.25) is 0 Å². The van der Waals surface area contributed by atoms with Gasteiger partial charge >= 0.3 is 17.7 Å². The number of carboxylic acid groups (broad SMARTS) is 2. The van der Waals surface area contributed by atoms with E-state index in [9.17, 15) is 19.2 Å². The van der Waals surface area contributed by atoms with Gasteiger partial charge in [-0.05, 0) is 25.0 Å². The Kier molecular flexibility index (Phi) is 6.10. The van der Waals surface area contributed by atoms with E-state index in [0.717, 1.165) is 4.57 Å². The zero-order valence-corrected chi connectivity index (χ0v) is 13.5. The molecule has 0 spiro atoms. The zero-order chi connectivity index (χ0) is 18.4. The second kappa shape index (κ2) is 8.27.